The van der Waals surface area contributed by atoms with Crippen molar-refractivity contribution in [2.45, 2.75) is 46.6 Å². The fourth-order valence-corrected chi connectivity index (χ4v) is 3.90. The van der Waals surface area contributed by atoms with Gasteiger partial charge in [-0.1, -0.05) is 43.7 Å². The maximum Gasteiger partial charge on any atom is 0.317 e. The molecule has 0 saturated carbocycles. The molecule has 3 rings (SSSR count). The van der Waals surface area contributed by atoms with Gasteiger partial charge in [0.2, 0.25) is 0 Å². The number of ether oxygens (including phenoxy) is 1. The molecule has 1 aliphatic rings. The van der Waals surface area contributed by atoms with Crippen LogP contribution in [-0.4, -0.2) is 60.7 Å². The fraction of sp³-hybridized carbons (Fsp3) is 0.542. The van der Waals surface area contributed by atoms with E-state index in [9.17, 15) is 4.79 Å². The molecular formula is C24H35N5O2. The van der Waals surface area contributed by atoms with Crippen molar-refractivity contribution in [2.24, 2.45) is 0 Å². The number of rotatable bonds is 7. The summed E-state index contributed by atoms with van der Waals surface area (Å²) in [6.45, 7) is 12.2. The van der Waals surface area contributed by atoms with Crippen LogP contribution in [0.5, 0.6) is 0 Å². The number of amides is 2. The van der Waals surface area contributed by atoms with E-state index in [4.69, 9.17) is 14.7 Å². The van der Waals surface area contributed by atoms with Crippen molar-refractivity contribution in [1.82, 2.24) is 20.2 Å². The average Bonchev–Trinajstić information content (AvgIpc) is 2.75. The molecular weight excluding hydrogens is 390 g/mol. The summed E-state index contributed by atoms with van der Waals surface area (Å²) in [7, 11) is 1.71. The molecule has 0 atom stereocenters. The first-order valence-corrected chi connectivity index (χ1v) is 11.1. The van der Waals surface area contributed by atoms with Gasteiger partial charge in [0.25, 0.3) is 0 Å². The van der Waals surface area contributed by atoms with Crippen LogP contribution in [0.1, 0.15) is 54.9 Å². The Kier molecular flexibility index (Phi) is 7.85. The summed E-state index contributed by atoms with van der Waals surface area (Å²) in [5.41, 5.74) is 4.54. The van der Waals surface area contributed by atoms with E-state index in [2.05, 4.69) is 55.3 Å². The van der Waals surface area contributed by atoms with E-state index in [0.29, 0.717) is 26.2 Å². The number of nitrogens with zero attached hydrogens (tertiary/aromatic N) is 4. The highest BCUT2D eigenvalue weighted by atomic mass is 16.5. The Hall–Kier alpha value is -2.67. The number of urea groups is 1. The second-order valence-electron chi connectivity index (χ2n) is 8.39. The molecule has 1 aliphatic heterocycles. The maximum absolute atomic E-state index is 12.2. The highest BCUT2D eigenvalue weighted by Crippen LogP contribution is 2.28. The van der Waals surface area contributed by atoms with Gasteiger partial charge in [0.05, 0.1) is 12.3 Å². The zero-order chi connectivity index (χ0) is 22.4. The van der Waals surface area contributed by atoms with Crippen LogP contribution >= 0.6 is 0 Å². The molecule has 0 bridgehead atoms. The topological polar surface area (TPSA) is 70.6 Å². The molecule has 1 fully saturated rings. The zero-order valence-electron chi connectivity index (χ0n) is 19.4. The maximum atomic E-state index is 12.2. The van der Waals surface area contributed by atoms with Crippen LogP contribution in [0.2, 0.25) is 0 Å². The summed E-state index contributed by atoms with van der Waals surface area (Å²) in [5, 5.41) is 2.90. The third-order valence-corrected chi connectivity index (χ3v) is 5.54. The highest BCUT2D eigenvalue weighted by molar-refractivity contribution is 5.74. The molecule has 1 aromatic carbocycles. The van der Waals surface area contributed by atoms with Gasteiger partial charge in [-0.3, -0.25) is 0 Å². The van der Waals surface area contributed by atoms with Crippen molar-refractivity contribution >= 4 is 11.8 Å². The zero-order valence-corrected chi connectivity index (χ0v) is 19.4. The molecule has 1 aromatic heterocycles. The molecule has 0 spiro atoms. The van der Waals surface area contributed by atoms with Gasteiger partial charge in [-0.05, 0) is 19.4 Å². The lowest BCUT2D eigenvalue weighted by atomic mass is 10.0. The molecule has 0 unspecified atom stereocenters. The second kappa shape index (κ2) is 10.6. The number of aromatic nitrogens is 2. The number of carbonyl (C=O) groups is 1. The number of nitrogens with one attached hydrogen (secondary N) is 1. The number of piperazine rings is 1. The predicted octanol–water partition coefficient (Wildman–Crippen LogP) is 3.50. The SMILES string of the molecule is CCNC(=O)N1CCN(c2nc(C(C)C)nc(COC)c2Cc2cccc(C)c2)CC1. The lowest BCUT2D eigenvalue weighted by Crippen LogP contribution is -2.52. The van der Waals surface area contributed by atoms with Crippen molar-refractivity contribution in [3.8, 4) is 0 Å². The normalized spacial score (nSPS) is 14.3. The number of aryl methyl sites for hydroxylation is 1. The van der Waals surface area contributed by atoms with Gasteiger partial charge in [-0.2, -0.15) is 0 Å². The molecule has 0 aliphatic carbocycles. The monoisotopic (exact) mass is 425 g/mol. The molecule has 7 nitrogen and oxygen atoms in total. The molecule has 2 amide bonds. The highest BCUT2D eigenvalue weighted by Gasteiger charge is 2.26. The number of carbonyl (C=O) groups excluding carboxylic acids is 1. The molecule has 2 heterocycles. The number of hydrogen-bond donors (Lipinski definition) is 1. The Morgan fingerprint density at radius 3 is 2.55 bits per heavy atom. The summed E-state index contributed by atoms with van der Waals surface area (Å²) in [6.07, 6.45) is 0.755. The van der Waals surface area contributed by atoms with Crippen LogP contribution in [-0.2, 0) is 17.8 Å². The Morgan fingerprint density at radius 2 is 1.94 bits per heavy atom. The van der Waals surface area contributed by atoms with E-state index < -0.39 is 0 Å². The minimum Gasteiger partial charge on any atom is -0.378 e. The van der Waals surface area contributed by atoms with E-state index >= 15 is 0 Å². The standard InChI is InChI=1S/C24H35N5O2/c1-6-25-24(30)29-12-10-28(11-13-29)23-20(15-19-9-7-8-18(4)14-19)21(16-31-5)26-22(27-23)17(2)3/h7-9,14,17H,6,10-13,15-16H2,1-5H3,(H,25,30). The molecule has 1 N–H and O–H groups in total. The second-order valence-corrected chi connectivity index (χ2v) is 8.39. The van der Waals surface area contributed by atoms with Gasteiger partial charge >= 0.3 is 6.03 Å². The number of hydrogen-bond acceptors (Lipinski definition) is 5. The Balaban J connectivity index is 1.95. The third-order valence-electron chi connectivity index (χ3n) is 5.54. The largest absolute Gasteiger partial charge is 0.378 e. The summed E-state index contributed by atoms with van der Waals surface area (Å²) in [5.74, 6) is 2.03. The van der Waals surface area contributed by atoms with Gasteiger partial charge in [0, 0.05) is 57.7 Å². The molecule has 2 aromatic rings. The summed E-state index contributed by atoms with van der Waals surface area (Å²) < 4.78 is 5.51. The van der Waals surface area contributed by atoms with Crippen molar-refractivity contribution < 1.29 is 9.53 Å². The number of anilines is 1. The summed E-state index contributed by atoms with van der Waals surface area (Å²) in [4.78, 5) is 26.3. The minimum atomic E-state index is 0.00719. The van der Waals surface area contributed by atoms with Crippen molar-refractivity contribution in [3.05, 3.63) is 52.5 Å². The first-order valence-electron chi connectivity index (χ1n) is 11.1. The number of benzene rings is 1. The lowest BCUT2D eigenvalue weighted by molar-refractivity contribution is 0.180. The van der Waals surface area contributed by atoms with Crippen LogP contribution in [0.15, 0.2) is 24.3 Å². The molecule has 31 heavy (non-hydrogen) atoms. The average molecular weight is 426 g/mol. The molecule has 7 heteroatoms. The quantitative estimate of drug-likeness (QED) is 0.735. The van der Waals surface area contributed by atoms with Crippen molar-refractivity contribution in [1.29, 1.82) is 0 Å². The van der Waals surface area contributed by atoms with Crippen LogP contribution in [0.25, 0.3) is 0 Å². The first kappa shape index (κ1) is 23.0. The molecule has 1 saturated heterocycles. The smallest absolute Gasteiger partial charge is 0.317 e. The van der Waals surface area contributed by atoms with Gasteiger partial charge in [-0.15, -0.1) is 0 Å². The minimum absolute atomic E-state index is 0.00719. The third kappa shape index (κ3) is 5.73. The Labute approximate surface area is 185 Å². The first-order chi connectivity index (χ1) is 14.9. The summed E-state index contributed by atoms with van der Waals surface area (Å²) >= 11 is 0. The van der Waals surface area contributed by atoms with E-state index in [-0.39, 0.29) is 11.9 Å². The predicted molar refractivity (Wildman–Crippen MR) is 124 cm³/mol. The molecule has 168 valence electrons. The lowest BCUT2D eigenvalue weighted by Gasteiger charge is -2.36. The van der Waals surface area contributed by atoms with E-state index in [1.165, 1.54) is 11.1 Å². The van der Waals surface area contributed by atoms with Crippen molar-refractivity contribution in [2.75, 3.05) is 44.7 Å². The van der Waals surface area contributed by atoms with Gasteiger partial charge < -0.3 is 19.9 Å². The van der Waals surface area contributed by atoms with Crippen LogP contribution in [0.4, 0.5) is 10.6 Å². The molecule has 0 radical (unpaired) electrons. The van der Waals surface area contributed by atoms with Crippen LogP contribution < -0.4 is 10.2 Å². The van der Waals surface area contributed by atoms with Crippen LogP contribution in [0, 0.1) is 6.92 Å². The van der Waals surface area contributed by atoms with E-state index in [1.54, 1.807) is 7.11 Å². The Bertz CT molecular complexity index is 892. The van der Waals surface area contributed by atoms with Crippen LogP contribution in [0.3, 0.4) is 0 Å². The fourth-order valence-electron chi connectivity index (χ4n) is 3.90. The number of methoxy groups -OCH3 is 1. The Morgan fingerprint density at radius 1 is 1.19 bits per heavy atom. The summed E-state index contributed by atoms with van der Waals surface area (Å²) in [6, 6.07) is 8.57. The van der Waals surface area contributed by atoms with E-state index in [0.717, 1.165) is 42.4 Å². The van der Waals surface area contributed by atoms with Gasteiger partial charge in [0.1, 0.15) is 11.6 Å². The van der Waals surface area contributed by atoms with Crippen molar-refractivity contribution in [3.63, 3.8) is 0 Å². The van der Waals surface area contributed by atoms with Gasteiger partial charge in [0.15, 0.2) is 0 Å². The van der Waals surface area contributed by atoms with Gasteiger partial charge in [-0.25, -0.2) is 14.8 Å². The van der Waals surface area contributed by atoms with E-state index in [1.807, 2.05) is 11.8 Å².